The number of hydrogen-bond donors (Lipinski definition) is 1. The van der Waals surface area contributed by atoms with Gasteiger partial charge < -0.3 is 5.11 Å². The average molecular weight is 263 g/mol. The Bertz CT molecular complexity index is 425. The largest absolute Gasteiger partial charge is 0.384 e. The lowest BCUT2D eigenvalue weighted by Gasteiger charge is -2.21. The van der Waals surface area contributed by atoms with E-state index < -0.39 is 0 Å². The molecule has 0 aromatic carbocycles. The molecule has 0 amide bonds. The molecule has 1 aromatic heterocycles. The number of thiophene rings is 1. The Morgan fingerprint density at radius 1 is 1.50 bits per heavy atom. The van der Waals surface area contributed by atoms with Crippen LogP contribution in [-0.4, -0.2) is 29.7 Å². The van der Waals surface area contributed by atoms with Crippen LogP contribution in [0.15, 0.2) is 11.4 Å². The summed E-state index contributed by atoms with van der Waals surface area (Å²) in [4.78, 5) is 3.89. The first-order chi connectivity index (χ1) is 8.83. The molecular formula is C15H21NOS. The van der Waals surface area contributed by atoms with E-state index in [9.17, 15) is 0 Å². The fourth-order valence-corrected chi connectivity index (χ4v) is 3.00. The number of aliphatic hydroxyl groups is 1. The standard InChI is InChI=1S/C15H21NOS/c1-2-8-16(11-13-5-6-13)12-15-14(4-3-9-17)7-10-18-15/h7,10,13,17H,2,5-6,8-9,11-12H2,1H3. The van der Waals surface area contributed by atoms with Gasteiger partial charge in [-0.25, -0.2) is 0 Å². The van der Waals surface area contributed by atoms with E-state index in [2.05, 4.69) is 35.1 Å². The van der Waals surface area contributed by atoms with Gasteiger partial charge in [-0.05, 0) is 43.2 Å². The summed E-state index contributed by atoms with van der Waals surface area (Å²) in [6, 6.07) is 2.06. The van der Waals surface area contributed by atoms with Gasteiger partial charge in [0, 0.05) is 23.5 Å². The summed E-state index contributed by atoms with van der Waals surface area (Å²) >= 11 is 1.78. The predicted molar refractivity (Wildman–Crippen MR) is 76.6 cm³/mol. The molecule has 1 aromatic rings. The number of rotatable bonds is 6. The van der Waals surface area contributed by atoms with Crippen LogP contribution in [0.5, 0.6) is 0 Å². The zero-order chi connectivity index (χ0) is 12.8. The van der Waals surface area contributed by atoms with E-state index in [0.29, 0.717) is 0 Å². The molecule has 0 saturated heterocycles. The highest BCUT2D eigenvalue weighted by atomic mass is 32.1. The number of aliphatic hydroxyl groups excluding tert-OH is 1. The van der Waals surface area contributed by atoms with Crippen molar-refractivity contribution >= 4 is 11.3 Å². The molecule has 0 radical (unpaired) electrons. The maximum Gasteiger partial charge on any atom is 0.104 e. The van der Waals surface area contributed by atoms with Crippen LogP contribution < -0.4 is 0 Å². The highest BCUT2D eigenvalue weighted by Crippen LogP contribution is 2.30. The highest BCUT2D eigenvalue weighted by molar-refractivity contribution is 7.10. The molecule has 0 bridgehead atoms. The molecule has 1 aliphatic carbocycles. The summed E-state index contributed by atoms with van der Waals surface area (Å²) in [7, 11) is 0. The minimum Gasteiger partial charge on any atom is -0.384 e. The van der Waals surface area contributed by atoms with Crippen LogP contribution in [-0.2, 0) is 6.54 Å². The van der Waals surface area contributed by atoms with E-state index in [1.165, 1.54) is 37.2 Å². The molecule has 1 aliphatic rings. The third-order valence-corrected chi connectivity index (χ3v) is 4.07. The van der Waals surface area contributed by atoms with Crippen molar-refractivity contribution in [2.75, 3.05) is 19.7 Å². The summed E-state index contributed by atoms with van der Waals surface area (Å²) in [5, 5.41) is 10.9. The number of hydrogen-bond acceptors (Lipinski definition) is 3. The van der Waals surface area contributed by atoms with Crippen molar-refractivity contribution in [1.82, 2.24) is 4.90 Å². The van der Waals surface area contributed by atoms with Gasteiger partial charge in [0.25, 0.3) is 0 Å². The summed E-state index contributed by atoms with van der Waals surface area (Å²) in [6.45, 7) is 5.59. The first-order valence-electron chi connectivity index (χ1n) is 6.72. The molecule has 0 unspecified atom stereocenters. The van der Waals surface area contributed by atoms with Crippen LogP contribution in [0, 0.1) is 17.8 Å². The fourth-order valence-electron chi connectivity index (χ4n) is 2.13. The maximum absolute atomic E-state index is 8.77. The van der Waals surface area contributed by atoms with Gasteiger partial charge in [0.15, 0.2) is 0 Å². The first-order valence-corrected chi connectivity index (χ1v) is 7.60. The lowest BCUT2D eigenvalue weighted by Crippen LogP contribution is -2.26. The van der Waals surface area contributed by atoms with Crippen molar-refractivity contribution in [1.29, 1.82) is 0 Å². The molecule has 1 N–H and O–H groups in total. The Hall–Kier alpha value is -0.820. The minimum absolute atomic E-state index is 0.0595. The van der Waals surface area contributed by atoms with Crippen molar-refractivity contribution in [2.24, 2.45) is 5.92 Å². The molecule has 0 spiro atoms. The van der Waals surface area contributed by atoms with E-state index in [-0.39, 0.29) is 6.61 Å². The Morgan fingerprint density at radius 2 is 2.33 bits per heavy atom. The van der Waals surface area contributed by atoms with E-state index in [1.807, 2.05) is 0 Å². The molecule has 1 heterocycles. The molecule has 18 heavy (non-hydrogen) atoms. The van der Waals surface area contributed by atoms with Gasteiger partial charge in [0.2, 0.25) is 0 Å². The monoisotopic (exact) mass is 263 g/mol. The summed E-state index contributed by atoms with van der Waals surface area (Å²) < 4.78 is 0. The van der Waals surface area contributed by atoms with Crippen molar-refractivity contribution in [3.8, 4) is 11.8 Å². The summed E-state index contributed by atoms with van der Waals surface area (Å²) in [5.74, 6) is 6.72. The Labute approximate surface area is 114 Å². The molecular weight excluding hydrogens is 242 g/mol. The lowest BCUT2D eigenvalue weighted by atomic mass is 10.2. The smallest absolute Gasteiger partial charge is 0.104 e. The Kier molecular flexibility index (Phi) is 5.25. The second-order valence-electron chi connectivity index (χ2n) is 4.90. The van der Waals surface area contributed by atoms with Crippen LogP contribution in [0.2, 0.25) is 0 Å². The van der Waals surface area contributed by atoms with Gasteiger partial charge >= 0.3 is 0 Å². The van der Waals surface area contributed by atoms with Gasteiger partial charge in [0.05, 0.1) is 0 Å². The fraction of sp³-hybridized carbons (Fsp3) is 0.600. The highest BCUT2D eigenvalue weighted by Gasteiger charge is 2.24. The van der Waals surface area contributed by atoms with Gasteiger partial charge in [-0.15, -0.1) is 11.3 Å². The van der Waals surface area contributed by atoms with E-state index in [4.69, 9.17) is 5.11 Å². The number of nitrogens with zero attached hydrogens (tertiary/aromatic N) is 1. The van der Waals surface area contributed by atoms with Gasteiger partial charge in [-0.2, -0.15) is 0 Å². The molecule has 0 aliphatic heterocycles. The molecule has 1 fully saturated rings. The van der Waals surface area contributed by atoms with Gasteiger partial charge in [-0.3, -0.25) is 4.90 Å². The average Bonchev–Trinajstić information content (AvgIpc) is 3.06. The van der Waals surface area contributed by atoms with Gasteiger partial charge in [0.1, 0.15) is 6.61 Å². The topological polar surface area (TPSA) is 23.5 Å². The molecule has 98 valence electrons. The first kappa shape index (κ1) is 13.6. The van der Waals surface area contributed by atoms with Crippen molar-refractivity contribution in [2.45, 2.75) is 32.7 Å². The van der Waals surface area contributed by atoms with E-state index in [0.717, 1.165) is 18.0 Å². The van der Waals surface area contributed by atoms with Crippen LogP contribution in [0.3, 0.4) is 0 Å². The second-order valence-corrected chi connectivity index (χ2v) is 5.90. The van der Waals surface area contributed by atoms with Crippen molar-refractivity contribution < 1.29 is 5.11 Å². The van der Waals surface area contributed by atoms with Crippen molar-refractivity contribution in [3.05, 3.63) is 21.9 Å². The molecule has 2 nitrogen and oxygen atoms in total. The third kappa shape index (κ3) is 4.13. The molecule has 2 rings (SSSR count). The van der Waals surface area contributed by atoms with Crippen LogP contribution in [0.4, 0.5) is 0 Å². The van der Waals surface area contributed by atoms with Gasteiger partial charge in [-0.1, -0.05) is 18.8 Å². The second kappa shape index (κ2) is 6.94. The molecule has 3 heteroatoms. The zero-order valence-corrected chi connectivity index (χ0v) is 11.8. The van der Waals surface area contributed by atoms with E-state index in [1.54, 1.807) is 11.3 Å². The maximum atomic E-state index is 8.77. The van der Waals surface area contributed by atoms with Crippen LogP contribution in [0.1, 0.15) is 36.6 Å². The zero-order valence-electron chi connectivity index (χ0n) is 11.0. The Balaban J connectivity index is 1.98. The summed E-state index contributed by atoms with van der Waals surface area (Å²) in [6.07, 6.45) is 4.01. The lowest BCUT2D eigenvalue weighted by molar-refractivity contribution is 0.257. The van der Waals surface area contributed by atoms with Crippen LogP contribution >= 0.6 is 11.3 Å². The minimum atomic E-state index is -0.0595. The SMILES string of the molecule is CCCN(Cc1sccc1C#CCO)CC1CC1. The third-order valence-electron chi connectivity index (χ3n) is 3.17. The predicted octanol–water partition coefficient (Wildman–Crippen LogP) is 2.71. The van der Waals surface area contributed by atoms with E-state index >= 15 is 0 Å². The normalized spacial score (nSPS) is 14.6. The quantitative estimate of drug-likeness (QED) is 0.798. The summed E-state index contributed by atoms with van der Waals surface area (Å²) in [5.41, 5.74) is 1.09. The van der Waals surface area contributed by atoms with Crippen molar-refractivity contribution in [3.63, 3.8) is 0 Å². The van der Waals surface area contributed by atoms with Crippen LogP contribution in [0.25, 0.3) is 0 Å². The molecule has 0 atom stereocenters. The molecule has 1 saturated carbocycles. The Morgan fingerprint density at radius 3 is 3.00 bits per heavy atom.